The normalized spacial score (nSPS) is 10.9. The summed E-state index contributed by atoms with van der Waals surface area (Å²) in [6.45, 7) is 0. The molecule has 2 aromatic carbocycles. The van der Waals surface area contributed by atoms with E-state index in [-0.39, 0.29) is 5.15 Å². The van der Waals surface area contributed by atoms with Gasteiger partial charge >= 0.3 is 0 Å². The van der Waals surface area contributed by atoms with Crippen molar-refractivity contribution in [2.24, 2.45) is 5.10 Å². The lowest BCUT2D eigenvalue weighted by Crippen LogP contribution is -2.18. The Morgan fingerprint density at radius 3 is 2.43 bits per heavy atom. The molecule has 8 heteroatoms. The quantitative estimate of drug-likeness (QED) is 0.388. The van der Waals surface area contributed by atoms with Crippen molar-refractivity contribution in [3.63, 3.8) is 0 Å². The molecule has 0 bridgehead atoms. The number of halogens is 1. The Kier molecular flexibility index (Phi) is 5.96. The number of methoxy groups -OCH3 is 3. The van der Waals surface area contributed by atoms with E-state index in [2.05, 4.69) is 15.5 Å². The van der Waals surface area contributed by atoms with Crippen LogP contribution in [-0.4, -0.2) is 38.4 Å². The first-order valence-electron chi connectivity index (χ1n) is 8.26. The summed E-state index contributed by atoms with van der Waals surface area (Å²) in [6.07, 6.45) is 1.43. The Labute approximate surface area is 166 Å². The smallest absolute Gasteiger partial charge is 0.275 e. The van der Waals surface area contributed by atoms with Gasteiger partial charge in [0.05, 0.1) is 38.6 Å². The number of amides is 1. The van der Waals surface area contributed by atoms with Crippen molar-refractivity contribution in [3.8, 4) is 17.2 Å². The van der Waals surface area contributed by atoms with Crippen molar-refractivity contribution in [2.45, 2.75) is 0 Å². The number of benzene rings is 2. The highest BCUT2D eigenvalue weighted by molar-refractivity contribution is 6.32. The number of pyridine rings is 1. The van der Waals surface area contributed by atoms with Crippen LogP contribution in [-0.2, 0) is 0 Å². The molecular formula is C20H18ClN3O4. The molecule has 0 saturated heterocycles. The molecule has 0 aliphatic heterocycles. The maximum atomic E-state index is 12.3. The van der Waals surface area contributed by atoms with Crippen molar-refractivity contribution in [3.05, 3.63) is 58.7 Å². The molecule has 0 atom stereocenters. The van der Waals surface area contributed by atoms with Gasteiger partial charge in [-0.3, -0.25) is 4.79 Å². The van der Waals surface area contributed by atoms with Gasteiger partial charge < -0.3 is 14.2 Å². The predicted molar refractivity (Wildman–Crippen MR) is 108 cm³/mol. The van der Waals surface area contributed by atoms with Gasteiger partial charge in [0, 0.05) is 17.0 Å². The average Bonchev–Trinajstić information content (AvgIpc) is 2.72. The molecule has 7 nitrogen and oxygen atoms in total. The van der Waals surface area contributed by atoms with E-state index in [4.69, 9.17) is 25.8 Å². The van der Waals surface area contributed by atoms with E-state index in [0.717, 1.165) is 5.39 Å². The molecule has 0 aliphatic carbocycles. The standard InChI is InChI=1S/C20H18ClN3O4/c1-26-16-7-5-4-6-14(16)20(25)24-22-11-13-8-12-9-17(27-2)18(28-3)10-15(12)23-19(13)21/h4-11H,1-3H3,(H,24,25)/b22-11+. The Bertz CT molecular complexity index is 1050. The minimum Gasteiger partial charge on any atom is -0.496 e. The minimum absolute atomic E-state index is 0.245. The van der Waals surface area contributed by atoms with Crippen LogP contribution in [0.1, 0.15) is 15.9 Å². The van der Waals surface area contributed by atoms with Crippen LogP contribution >= 0.6 is 11.6 Å². The minimum atomic E-state index is -0.398. The van der Waals surface area contributed by atoms with Crippen LogP contribution in [0, 0.1) is 0 Å². The van der Waals surface area contributed by atoms with E-state index in [1.54, 1.807) is 56.7 Å². The molecule has 144 valence electrons. The predicted octanol–water partition coefficient (Wildman–Crippen LogP) is 3.68. The molecule has 0 fully saturated rings. The molecule has 0 unspecified atom stereocenters. The molecule has 0 spiro atoms. The molecule has 3 aromatic rings. The third-order valence-electron chi connectivity index (χ3n) is 4.02. The topological polar surface area (TPSA) is 82.0 Å². The maximum absolute atomic E-state index is 12.3. The summed E-state index contributed by atoms with van der Waals surface area (Å²) < 4.78 is 15.8. The van der Waals surface area contributed by atoms with Gasteiger partial charge in [0.15, 0.2) is 11.5 Å². The number of nitrogens with one attached hydrogen (secondary N) is 1. The summed E-state index contributed by atoms with van der Waals surface area (Å²) in [6, 6.07) is 12.2. The van der Waals surface area contributed by atoms with Gasteiger partial charge in [0.1, 0.15) is 10.9 Å². The summed E-state index contributed by atoms with van der Waals surface area (Å²) in [4.78, 5) is 16.6. The number of aromatic nitrogens is 1. The van der Waals surface area contributed by atoms with Crippen LogP contribution in [0.15, 0.2) is 47.6 Å². The summed E-state index contributed by atoms with van der Waals surface area (Å²) >= 11 is 6.25. The summed E-state index contributed by atoms with van der Waals surface area (Å²) in [5.41, 5.74) is 4.03. The number of rotatable bonds is 6. The maximum Gasteiger partial charge on any atom is 0.275 e. The van der Waals surface area contributed by atoms with Crippen molar-refractivity contribution in [1.82, 2.24) is 10.4 Å². The highest BCUT2D eigenvalue weighted by Crippen LogP contribution is 2.32. The lowest BCUT2D eigenvalue weighted by Gasteiger charge is -2.09. The molecule has 1 amide bonds. The van der Waals surface area contributed by atoms with E-state index in [9.17, 15) is 4.79 Å². The first kappa shape index (κ1) is 19.4. The lowest BCUT2D eigenvalue weighted by atomic mass is 10.1. The Morgan fingerprint density at radius 2 is 1.71 bits per heavy atom. The third-order valence-corrected chi connectivity index (χ3v) is 4.32. The second kappa shape index (κ2) is 8.58. The number of fused-ring (bicyclic) bond motifs is 1. The van der Waals surface area contributed by atoms with Crippen molar-refractivity contribution >= 4 is 34.6 Å². The zero-order valence-corrected chi connectivity index (χ0v) is 16.3. The summed E-state index contributed by atoms with van der Waals surface area (Å²) in [5.74, 6) is 1.20. The van der Waals surface area contributed by atoms with Crippen molar-refractivity contribution in [1.29, 1.82) is 0 Å². The van der Waals surface area contributed by atoms with E-state index in [1.807, 2.05) is 0 Å². The second-order valence-electron chi connectivity index (χ2n) is 5.67. The van der Waals surface area contributed by atoms with Crippen LogP contribution in [0.25, 0.3) is 10.9 Å². The Balaban J connectivity index is 1.85. The van der Waals surface area contributed by atoms with E-state index >= 15 is 0 Å². The monoisotopic (exact) mass is 399 g/mol. The highest BCUT2D eigenvalue weighted by atomic mass is 35.5. The summed E-state index contributed by atoms with van der Waals surface area (Å²) in [7, 11) is 4.61. The molecule has 3 rings (SSSR count). The van der Waals surface area contributed by atoms with Crippen LogP contribution in [0.4, 0.5) is 0 Å². The lowest BCUT2D eigenvalue weighted by molar-refractivity contribution is 0.0952. The molecule has 1 heterocycles. The van der Waals surface area contributed by atoms with E-state index < -0.39 is 5.91 Å². The molecule has 0 saturated carbocycles. The van der Waals surface area contributed by atoms with E-state index in [0.29, 0.717) is 33.9 Å². The number of hydrogen-bond donors (Lipinski definition) is 1. The van der Waals surface area contributed by atoms with Crippen molar-refractivity contribution in [2.75, 3.05) is 21.3 Å². The first-order chi connectivity index (χ1) is 13.6. The number of carbonyl (C=O) groups excluding carboxylic acids is 1. The zero-order valence-electron chi connectivity index (χ0n) is 15.5. The molecular weight excluding hydrogens is 382 g/mol. The SMILES string of the molecule is COc1cc2cc(/C=N/NC(=O)c3ccccc3OC)c(Cl)nc2cc1OC. The average molecular weight is 400 g/mol. The number of nitrogens with zero attached hydrogens (tertiary/aromatic N) is 2. The number of hydrogen-bond acceptors (Lipinski definition) is 6. The van der Waals surface area contributed by atoms with Gasteiger partial charge in [-0.1, -0.05) is 23.7 Å². The van der Waals surface area contributed by atoms with Gasteiger partial charge in [-0.15, -0.1) is 0 Å². The van der Waals surface area contributed by atoms with Gasteiger partial charge in [0.25, 0.3) is 5.91 Å². The Hall–Kier alpha value is -3.32. The molecule has 0 aliphatic rings. The van der Waals surface area contributed by atoms with Crippen LogP contribution in [0.3, 0.4) is 0 Å². The summed E-state index contributed by atoms with van der Waals surface area (Å²) in [5, 5.41) is 5.01. The Morgan fingerprint density at radius 1 is 1.04 bits per heavy atom. The van der Waals surface area contributed by atoms with Crippen LogP contribution < -0.4 is 19.6 Å². The molecule has 1 N–H and O–H groups in total. The van der Waals surface area contributed by atoms with Gasteiger partial charge in [-0.05, 0) is 24.3 Å². The molecule has 1 aromatic heterocycles. The third kappa shape index (κ3) is 3.99. The van der Waals surface area contributed by atoms with Crippen LogP contribution in [0.5, 0.6) is 17.2 Å². The fourth-order valence-electron chi connectivity index (χ4n) is 2.64. The van der Waals surface area contributed by atoms with E-state index in [1.165, 1.54) is 13.3 Å². The number of ether oxygens (including phenoxy) is 3. The number of carbonyl (C=O) groups is 1. The molecule has 28 heavy (non-hydrogen) atoms. The van der Waals surface area contributed by atoms with Crippen LogP contribution in [0.2, 0.25) is 5.15 Å². The second-order valence-corrected chi connectivity index (χ2v) is 6.03. The fraction of sp³-hybridized carbons (Fsp3) is 0.150. The largest absolute Gasteiger partial charge is 0.496 e. The first-order valence-corrected chi connectivity index (χ1v) is 8.64. The molecule has 0 radical (unpaired) electrons. The fourth-order valence-corrected chi connectivity index (χ4v) is 2.83. The zero-order chi connectivity index (χ0) is 20.1. The van der Waals surface area contributed by atoms with Gasteiger partial charge in [-0.2, -0.15) is 5.10 Å². The van der Waals surface area contributed by atoms with Gasteiger partial charge in [-0.25, -0.2) is 10.4 Å². The number of para-hydroxylation sites is 1. The highest BCUT2D eigenvalue weighted by Gasteiger charge is 2.11. The van der Waals surface area contributed by atoms with Crippen molar-refractivity contribution < 1.29 is 19.0 Å². The van der Waals surface area contributed by atoms with Gasteiger partial charge in [0.2, 0.25) is 0 Å². The number of hydrazone groups is 1.